The number of carbonyl (C=O) groups excluding carboxylic acids is 2. The largest absolute Gasteiger partial charge is 0.450 e. The number of aryl methyl sites for hydroxylation is 1. The molecule has 2 aromatic carbocycles. The fraction of sp³-hybridized carbons (Fsp3) is 0.238. The molecule has 0 unspecified atom stereocenters. The number of fused-ring (bicyclic) bond motifs is 1. The van der Waals surface area contributed by atoms with E-state index in [1.165, 1.54) is 4.90 Å². The molecule has 0 saturated carbocycles. The first-order chi connectivity index (χ1) is 13.1. The molecular formula is C21H21NO4S. The average molecular weight is 383 g/mol. The third-order valence-electron chi connectivity index (χ3n) is 4.02. The minimum atomic E-state index is -0.626. The van der Waals surface area contributed by atoms with E-state index in [2.05, 4.69) is 17.4 Å². The summed E-state index contributed by atoms with van der Waals surface area (Å²) in [7, 11) is 0. The van der Waals surface area contributed by atoms with E-state index in [0.29, 0.717) is 17.7 Å². The summed E-state index contributed by atoms with van der Waals surface area (Å²) in [5.41, 5.74) is 1.34. The van der Waals surface area contributed by atoms with Crippen molar-refractivity contribution in [1.82, 2.24) is 5.32 Å². The summed E-state index contributed by atoms with van der Waals surface area (Å²) in [5.74, 6) is 0.103. The Labute approximate surface area is 162 Å². The summed E-state index contributed by atoms with van der Waals surface area (Å²) in [5, 5.41) is 3.62. The first-order valence-electron chi connectivity index (χ1n) is 8.75. The van der Waals surface area contributed by atoms with Gasteiger partial charge in [0.25, 0.3) is 5.91 Å². The van der Waals surface area contributed by atoms with Gasteiger partial charge in [-0.05, 0) is 37.3 Å². The standard InChI is InChI=1S/C21H21NO4S/c1-15-17-10-5-6-11-18(17)26-20(15)21(24)25-14-19(23)22-12-7-13-27-16-8-3-2-4-9-16/h2-6,8-11H,7,12-14H2,1H3,(H,22,23). The van der Waals surface area contributed by atoms with Crippen LogP contribution in [0.1, 0.15) is 22.5 Å². The first-order valence-corrected chi connectivity index (χ1v) is 9.73. The van der Waals surface area contributed by atoms with Crippen molar-refractivity contribution in [2.24, 2.45) is 0 Å². The van der Waals surface area contributed by atoms with Crippen molar-refractivity contribution < 1.29 is 18.7 Å². The molecular weight excluding hydrogens is 362 g/mol. The average Bonchev–Trinajstić information content (AvgIpc) is 3.04. The van der Waals surface area contributed by atoms with Crippen LogP contribution in [0.15, 0.2) is 63.9 Å². The number of rotatable bonds is 8. The molecule has 1 amide bonds. The normalized spacial score (nSPS) is 10.7. The van der Waals surface area contributed by atoms with Crippen molar-refractivity contribution in [2.75, 3.05) is 18.9 Å². The van der Waals surface area contributed by atoms with Crippen LogP contribution in [0.2, 0.25) is 0 Å². The highest BCUT2D eigenvalue weighted by Crippen LogP contribution is 2.25. The Morgan fingerprint density at radius 3 is 2.59 bits per heavy atom. The summed E-state index contributed by atoms with van der Waals surface area (Å²) in [6, 6.07) is 17.5. The minimum Gasteiger partial charge on any atom is -0.450 e. The number of nitrogens with one attached hydrogen (secondary N) is 1. The summed E-state index contributed by atoms with van der Waals surface area (Å²) in [4.78, 5) is 25.2. The minimum absolute atomic E-state index is 0.142. The molecule has 3 aromatic rings. The Morgan fingerprint density at radius 1 is 1.07 bits per heavy atom. The lowest BCUT2D eigenvalue weighted by Gasteiger charge is -2.06. The molecule has 3 rings (SSSR count). The monoisotopic (exact) mass is 383 g/mol. The molecule has 0 radical (unpaired) electrons. The lowest BCUT2D eigenvalue weighted by atomic mass is 10.1. The Morgan fingerprint density at radius 2 is 1.81 bits per heavy atom. The van der Waals surface area contributed by atoms with Crippen LogP contribution in [0.4, 0.5) is 0 Å². The molecule has 6 heteroatoms. The zero-order chi connectivity index (χ0) is 19.1. The lowest BCUT2D eigenvalue weighted by Crippen LogP contribution is -2.29. The van der Waals surface area contributed by atoms with Gasteiger partial charge in [-0.15, -0.1) is 11.8 Å². The quantitative estimate of drug-likeness (QED) is 0.359. The number of ether oxygens (including phenoxy) is 1. The molecule has 1 heterocycles. The number of hydrogen-bond acceptors (Lipinski definition) is 5. The molecule has 0 spiro atoms. The van der Waals surface area contributed by atoms with Gasteiger partial charge in [0.1, 0.15) is 5.58 Å². The third-order valence-corrected chi connectivity index (χ3v) is 5.12. The highest BCUT2D eigenvalue weighted by atomic mass is 32.2. The molecule has 0 bridgehead atoms. The van der Waals surface area contributed by atoms with Crippen molar-refractivity contribution >= 4 is 34.6 Å². The van der Waals surface area contributed by atoms with E-state index in [4.69, 9.17) is 9.15 Å². The summed E-state index contributed by atoms with van der Waals surface area (Å²) < 4.78 is 10.6. The molecule has 0 aliphatic carbocycles. The van der Waals surface area contributed by atoms with Gasteiger partial charge >= 0.3 is 5.97 Å². The topological polar surface area (TPSA) is 68.5 Å². The van der Waals surface area contributed by atoms with Crippen LogP contribution < -0.4 is 5.32 Å². The second-order valence-corrected chi connectivity index (χ2v) is 7.16. The van der Waals surface area contributed by atoms with Gasteiger partial charge in [0.2, 0.25) is 5.76 Å². The maximum atomic E-state index is 12.2. The summed E-state index contributed by atoms with van der Waals surface area (Å²) in [6.07, 6.45) is 0.835. The van der Waals surface area contributed by atoms with Crippen LogP contribution in [-0.2, 0) is 9.53 Å². The van der Waals surface area contributed by atoms with Crippen molar-refractivity contribution in [3.63, 3.8) is 0 Å². The van der Waals surface area contributed by atoms with Gasteiger partial charge in [0.05, 0.1) is 0 Å². The van der Waals surface area contributed by atoms with Gasteiger partial charge in [0.15, 0.2) is 6.61 Å². The Bertz CT molecular complexity index is 920. The number of esters is 1. The summed E-state index contributed by atoms with van der Waals surface area (Å²) in [6.45, 7) is 2.02. The second kappa shape index (κ2) is 9.28. The van der Waals surface area contributed by atoms with Gasteiger partial charge in [-0.3, -0.25) is 4.79 Å². The van der Waals surface area contributed by atoms with Crippen LogP contribution in [0.5, 0.6) is 0 Å². The summed E-state index contributed by atoms with van der Waals surface area (Å²) >= 11 is 1.74. The highest BCUT2D eigenvalue weighted by Gasteiger charge is 2.19. The Hall–Kier alpha value is -2.73. The number of hydrogen-bond donors (Lipinski definition) is 1. The molecule has 0 aliphatic heterocycles. The SMILES string of the molecule is Cc1c(C(=O)OCC(=O)NCCCSc2ccccc2)oc2ccccc12. The van der Waals surface area contributed by atoms with Crippen molar-refractivity contribution in [1.29, 1.82) is 0 Å². The van der Waals surface area contributed by atoms with E-state index >= 15 is 0 Å². The van der Waals surface area contributed by atoms with Crippen LogP contribution in [0, 0.1) is 6.92 Å². The van der Waals surface area contributed by atoms with Gasteiger partial charge in [-0.2, -0.15) is 0 Å². The Balaban J connectivity index is 1.38. The third kappa shape index (κ3) is 5.14. The predicted octanol–water partition coefficient (Wildman–Crippen LogP) is 4.20. The van der Waals surface area contributed by atoms with Crippen molar-refractivity contribution in [3.8, 4) is 0 Å². The predicted molar refractivity (Wildman–Crippen MR) is 106 cm³/mol. The number of para-hydroxylation sites is 1. The maximum Gasteiger partial charge on any atom is 0.375 e. The van der Waals surface area contributed by atoms with Crippen LogP contribution in [-0.4, -0.2) is 30.8 Å². The van der Waals surface area contributed by atoms with E-state index in [1.807, 2.05) is 36.4 Å². The maximum absolute atomic E-state index is 12.2. The van der Waals surface area contributed by atoms with Gasteiger partial charge < -0.3 is 14.5 Å². The van der Waals surface area contributed by atoms with E-state index in [0.717, 1.165) is 17.6 Å². The number of amides is 1. The molecule has 0 aliphatic rings. The molecule has 140 valence electrons. The number of thioether (sulfide) groups is 1. The van der Waals surface area contributed by atoms with E-state index in [9.17, 15) is 9.59 Å². The van der Waals surface area contributed by atoms with E-state index < -0.39 is 5.97 Å². The molecule has 5 nitrogen and oxygen atoms in total. The zero-order valence-electron chi connectivity index (χ0n) is 15.1. The van der Waals surface area contributed by atoms with Gasteiger partial charge in [-0.25, -0.2) is 4.79 Å². The number of furan rings is 1. The smallest absolute Gasteiger partial charge is 0.375 e. The lowest BCUT2D eigenvalue weighted by molar-refractivity contribution is -0.124. The zero-order valence-corrected chi connectivity index (χ0v) is 15.9. The van der Waals surface area contributed by atoms with E-state index in [1.54, 1.807) is 24.8 Å². The molecule has 27 heavy (non-hydrogen) atoms. The van der Waals surface area contributed by atoms with E-state index in [-0.39, 0.29) is 18.3 Å². The fourth-order valence-electron chi connectivity index (χ4n) is 2.62. The Kier molecular flexibility index (Phi) is 6.54. The van der Waals surface area contributed by atoms with Gasteiger partial charge in [0, 0.05) is 22.4 Å². The van der Waals surface area contributed by atoms with Crippen LogP contribution >= 0.6 is 11.8 Å². The molecule has 0 fully saturated rings. The fourth-order valence-corrected chi connectivity index (χ4v) is 3.50. The second-order valence-electron chi connectivity index (χ2n) is 5.99. The molecule has 1 aromatic heterocycles. The first kappa shape index (κ1) is 19.0. The number of carbonyl (C=O) groups is 2. The van der Waals surface area contributed by atoms with Crippen LogP contribution in [0.3, 0.4) is 0 Å². The molecule has 0 atom stereocenters. The highest BCUT2D eigenvalue weighted by molar-refractivity contribution is 7.99. The van der Waals surface area contributed by atoms with Crippen LogP contribution in [0.25, 0.3) is 11.0 Å². The van der Waals surface area contributed by atoms with Crippen molar-refractivity contribution in [3.05, 3.63) is 65.9 Å². The molecule has 1 N–H and O–H groups in total. The van der Waals surface area contributed by atoms with Crippen molar-refractivity contribution in [2.45, 2.75) is 18.2 Å². The van der Waals surface area contributed by atoms with Gasteiger partial charge in [-0.1, -0.05) is 36.4 Å². The molecule has 0 saturated heterocycles. The number of benzene rings is 2.